The highest BCUT2D eigenvalue weighted by molar-refractivity contribution is 5.94. The Labute approximate surface area is 131 Å². The number of hydrogen-bond donors (Lipinski definition) is 2. The summed E-state index contributed by atoms with van der Waals surface area (Å²) in [5, 5.41) is 2.94. The SMILES string of the molecule is Cl.Cn1cccc(C(=O)NC(CN)C2CCCCC2)c1=O. The molecule has 0 radical (unpaired) electrons. The molecule has 2 rings (SSSR count). The molecule has 0 aliphatic heterocycles. The first-order valence-corrected chi connectivity index (χ1v) is 7.30. The van der Waals surface area contributed by atoms with Crippen LogP contribution in [0.3, 0.4) is 0 Å². The van der Waals surface area contributed by atoms with E-state index in [9.17, 15) is 9.59 Å². The number of halogens is 1. The second-order valence-corrected chi connectivity index (χ2v) is 5.55. The molecule has 1 fully saturated rings. The molecule has 1 aliphatic rings. The molecular formula is C15H24ClN3O2. The third-order valence-corrected chi connectivity index (χ3v) is 4.16. The molecule has 5 nitrogen and oxygen atoms in total. The lowest BCUT2D eigenvalue weighted by Crippen LogP contribution is -2.47. The molecule has 1 aromatic rings. The molecule has 6 heteroatoms. The first-order valence-electron chi connectivity index (χ1n) is 7.30. The second kappa shape index (κ2) is 8.20. The van der Waals surface area contributed by atoms with Gasteiger partial charge in [0, 0.05) is 25.8 Å². The summed E-state index contributed by atoms with van der Waals surface area (Å²) in [5.41, 5.74) is 5.71. The number of rotatable bonds is 4. The molecule has 1 aromatic heterocycles. The van der Waals surface area contributed by atoms with E-state index in [1.807, 2.05) is 0 Å². The summed E-state index contributed by atoms with van der Waals surface area (Å²) in [6.07, 6.45) is 7.51. The van der Waals surface area contributed by atoms with E-state index in [2.05, 4.69) is 5.32 Å². The molecule has 118 valence electrons. The van der Waals surface area contributed by atoms with E-state index in [4.69, 9.17) is 5.73 Å². The van der Waals surface area contributed by atoms with Crippen molar-refractivity contribution in [2.24, 2.45) is 18.7 Å². The Morgan fingerprint density at radius 1 is 1.43 bits per heavy atom. The summed E-state index contributed by atoms with van der Waals surface area (Å²) in [4.78, 5) is 24.2. The van der Waals surface area contributed by atoms with Gasteiger partial charge in [-0.25, -0.2) is 0 Å². The molecule has 0 saturated heterocycles. The van der Waals surface area contributed by atoms with Crippen molar-refractivity contribution in [2.45, 2.75) is 38.1 Å². The van der Waals surface area contributed by atoms with Gasteiger partial charge < -0.3 is 15.6 Å². The average molecular weight is 314 g/mol. The first kappa shape index (κ1) is 17.7. The number of aromatic nitrogens is 1. The maximum Gasteiger partial charge on any atom is 0.263 e. The molecule has 1 amide bonds. The number of nitrogens with one attached hydrogen (secondary N) is 1. The Morgan fingerprint density at radius 3 is 2.71 bits per heavy atom. The molecule has 0 spiro atoms. The Hall–Kier alpha value is -1.33. The van der Waals surface area contributed by atoms with Crippen LogP contribution in [0, 0.1) is 5.92 Å². The number of nitrogens with two attached hydrogens (primary N) is 1. The predicted molar refractivity (Wildman–Crippen MR) is 85.8 cm³/mol. The van der Waals surface area contributed by atoms with E-state index in [-0.39, 0.29) is 35.5 Å². The molecule has 1 atom stereocenters. The number of amides is 1. The van der Waals surface area contributed by atoms with E-state index in [0.29, 0.717) is 12.5 Å². The number of carbonyl (C=O) groups excluding carboxylic acids is 1. The molecule has 3 N–H and O–H groups in total. The van der Waals surface area contributed by atoms with E-state index >= 15 is 0 Å². The van der Waals surface area contributed by atoms with E-state index < -0.39 is 0 Å². The standard InChI is InChI=1S/C15H23N3O2.ClH/c1-18-9-5-8-12(15(18)20)14(19)17-13(10-16)11-6-3-2-4-7-11;/h5,8-9,11,13H,2-4,6-7,10,16H2,1H3,(H,17,19);1H. The smallest absolute Gasteiger partial charge is 0.263 e. The lowest BCUT2D eigenvalue weighted by atomic mass is 9.84. The van der Waals surface area contributed by atoms with Gasteiger partial charge in [-0.3, -0.25) is 9.59 Å². The number of pyridine rings is 1. The van der Waals surface area contributed by atoms with Crippen molar-refractivity contribution >= 4 is 18.3 Å². The maximum atomic E-state index is 12.2. The predicted octanol–water partition coefficient (Wildman–Crippen LogP) is 1.44. The van der Waals surface area contributed by atoms with Crippen LogP contribution in [0.15, 0.2) is 23.1 Å². The van der Waals surface area contributed by atoms with Crippen molar-refractivity contribution in [3.63, 3.8) is 0 Å². The normalized spacial score (nSPS) is 16.9. The minimum Gasteiger partial charge on any atom is -0.348 e. The molecule has 1 saturated carbocycles. The molecular weight excluding hydrogens is 290 g/mol. The van der Waals surface area contributed by atoms with Gasteiger partial charge in [0.1, 0.15) is 5.56 Å². The molecule has 1 aliphatic carbocycles. The zero-order chi connectivity index (χ0) is 14.5. The Morgan fingerprint density at radius 2 is 2.10 bits per heavy atom. The average Bonchev–Trinajstić information content (AvgIpc) is 2.48. The molecule has 1 heterocycles. The van der Waals surface area contributed by atoms with Crippen molar-refractivity contribution in [2.75, 3.05) is 6.54 Å². The van der Waals surface area contributed by atoms with E-state index in [1.165, 1.54) is 23.8 Å². The molecule has 0 bridgehead atoms. The fourth-order valence-corrected chi connectivity index (χ4v) is 2.92. The van der Waals surface area contributed by atoms with Crippen molar-refractivity contribution in [1.82, 2.24) is 9.88 Å². The largest absolute Gasteiger partial charge is 0.348 e. The zero-order valence-electron chi connectivity index (χ0n) is 12.4. The fraction of sp³-hybridized carbons (Fsp3) is 0.600. The fourth-order valence-electron chi connectivity index (χ4n) is 2.92. The van der Waals surface area contributed by atoms with Gasteiger partial charge in [0.25, 0.3) is 11.5 Å². The number of nitrogens with zero attached hydrogens (tertiary/aromatic N) is 1. The highest BCUT2D eigenvalue weighted by Gasteiger charge is 2.25. The van der Waals surface area contributed by atoms with Crippen LogP contribution in [0.4, 0.5) is 0 Å². The lowest BCUT2D eigenvalue weighted by molar-refractivity contribution is 0.0913. The lowest BCUT2D eigenvalue weighted by Gasteiger charge is -2.30. The Kier molecular flexibility index (Phi) is 6.92. The van der Waals surface area contributed by atoms with Crippen LogP contribution in [0.25, 0.3) is 0 Å². The molecule has 1 unspecified atom stereocenters. The second-order valence-electron chi connectivity index (χ2n) is 5.55. The summed E-state index contributed by atoms with van der Waals surface area (Å²) in [6, 6.07) is 3.23. The maximum absolute atomic E-state index is 12.2. The van der Waals surface area contributed by atoms with Crippen LogP contribution >= 0.6 is 12.4 Å². The minimum absolute atomic E-state index is 0. The molecule has 0 aromatic carbocycles. The topological polar surface area (TPSA) is 77.1 Å². The van der Waals surface area contributed by atoms with Crippen LogP contribution in [0.1, 0.15) is 42.5 Å². The van der Waals surface area contributed by atoms with Gasteiger partial charge in [-0.1, -0.05) is 19.3 Å². The van der Waals surface area contributed by atoms with Crippen molar-refractivity contribution in [3.05, 3.63) is 34.2 Å². The van der Waals surface area contributed by atoms with Gasteiger partial charge in [0.05, 0.1) is 0 Å². The van der Waals surface area contributed by atoms with Crippen molar-refractivity contribution < 1.29 is 4.79 Å². The van der Waals surface area contributed by atoms with Gasteiger partial charge in [-0.2, -0.15) is 0 Å². The van der Waals surface area contributed by atoms with E-state index in [1.54, 1.807) is 25.4 Å². The third kappa shape index (κ3) is 4.32. The summed E-state index contributed by atoms with van der Waals surface area (Å²) in [5.74, 6) is 0.123. The summed E-state index contributed by atoms with van der Waals surface area (Å²) >= 11 is 0. The number of hydrogen-bond acceptors (Lipinski definition) is 3. The molecule has 21 heavy (non-hydrogen) atoms. The highest BCUT2D eigenvalue weighted by Crippen LogP contribution is 2.26. The van der Waals surface area contributed by atoms with Crippen LogP contribution < -0.4 is 16.6 Å². The van der Waals surface area contributed by atoms with E-state index in [0.717, 1.165) is 12.8 Å². The van der Waals surface area contributed by atoms with Gasteiger partial charge in [-0.15, -0.1) is 12.4 Å². The number of carbonyl (C=O) groups is 1. The van der Waals surface area contributed by atoms with Crippen LogP contribution in [-0.2, 0) is 7.05 Å². The van der Waals surface area contributed by atoms with Crippen LogP contribution in [0.5, 0.6) is 0 Å². The number of aryl methyl sites for hydroxylation is 1. The van der Waals surface area contributed by atoms with Gasteiger partial charge >= 0.3 is 0 Å². The van der Waals surface area contributed by atoms with Gasteiger partial charge in [-0.05, 0) is 30.9 Å². The zero-order valence-corrected chi connectivity index (χ0v) is 13.2. The quantitative estimate of drug-likeness (QED) is 0.883. The summed E-state index contributed by atoms with van der Waals surface area (Å²) in [7, 11) is 1.64. The van der Waals surface area contributed by atoms with Crippen molar-refractivity contribution in [1.29, 1.82) is 0 Å². The first-order chi connectivity index (χ1) is 9.63. The van der Waals surface area contributed by atoms with Gasteiger partial charge in [0.2, 0.25) is 0 Å². The highest BCUT2D eigenvalue weighted by atomic mass is 35.5. The van der Waals surface area contributed by atoms with Gasteiger partial charge in [0.15, 0.2) is 0 Å². The van der Waals surface area contributed by atoms with Crippen LogP contribution in [0.2, 0.25) is 0 Å². The summed E-state index contributed by atoms with van der Waals surface area (Å²) in [6.45, 7) is 0.420. The Balaban J connectivity index is 0.00000220. The van der Waals surface area contributed by atoms with Crippen LogP contribution in [-0.4, -0.2) is 23.1 Å². The summed E-state index contributed by atoms with van der Waals surface area (Å²) < 4.78 is 1.41. The monoisotopic (exact) mass is 313 g/mol. The Bertz CT molecular complexity index is 524. The third-order valence-electron chi connectivity index (χ3n) is 4.16. The minimum atomic E-state index is -0.313. The van der Waals surface area contributed by atoms with Crippen molar-refractivity contribution in [3.8, 4) is 0 Å².